The number of pyridine rings is 1. The third-order valence-electron chi connectivity index (χ3n) is 5.27. The Kier molecular flexibility index (Phi) is 4.34. The highest BCUT2D eigenvalue weighted by molar-refractivity contribution is 6.02. The number of rotatable bonds is 4. The number of nitrogens with one attached hydrogen (secondary N) is 1. The van der Waals surface area contributed by atoms with Gasteiger partial charge in [0.25, 0.3) is 11.8 Å². The van der Waals surface area contributed by atoms with Gasteiger partial charge >= 0.3 is 0 Å². The Balaban J connectivity index is 1.37. The van der Waals surface area contributed by atoms with Gasteiger partial charge in [-0.2, -0.15) is 0 Å². The van der Waals surface area contributed by atoms with Crippen molar-refractivity contribution in [2.24, 2.45) is 0 Å². The minimum atomic E-state index is -0.221. The first-order chi connectivity index (χ1) is 14.2. The van der Waals surface area contributed by atoms with Crippen LogP contribution in [0.15, 0.2) is 42.9 Å². The smallest absolute Gasteiger partial charge is 0.290 e. The van der Waals surface area contributed by atoms with Crippen molar-refractivity contribution in [1.29, 1.82) is 0 Å². The number of fused-ring (bicyclic) bond motifs is 1. The van der Waals surface area contributed by atoms with E-state index < -0.39 is 0 Å². The van der Waals surface area contributed by atoms with E-state index in [1.165, 1.54) is 0 Å². The summed E-state index contributed by atoms with van der Waals surface area (Å²) in [6.45, 7) is 2.38. The Morgan fingerprint density at radius 2 is 1.76 bits per heavy atom. The van der Waals surface area contributed by atoms with Crippen molar-refractivity contribution in [3.8, 4) is 0 Å². The van der Waals surface area contributed by atoms with Gasteiger partial charge in [-0.15, -0.1) is 0 Å². The largest absolute Gasteiger partial charge is 0.348 e. The third-order valence-corrected chi connectivity index (χ3v) is 5.27. The second-order valence-electron chi connectivity index (χ2n) is 7.32. The van der Waals surface area contributed by atoms with E-state index in [4.69, 9.17) is 0 Å². The lowest BCUT2D eigenvalue weighted by Crippen LogP contribution is -2.49. The van der Waals surface area contributed by atoms with E-state index in [0.717, 1.165) is 12.8 Å². The first-order valence-corrected chi connectivity index (χ1v) is 9.80. The molecule has 1 saturated heterocycles. The van der Waals surface area contributed by atoms with Gasteiger partial charge in [-0.3, -0.25) is 14.0 Å². The summed E-state index contributed by atoms with van der Waals surface area (Å²) < 4.78 is 1.71. The molecule has 4 heterocycles. The standard InChI is InChI=1S/C20H21N7O2/c28-18(23-14-5-6-14)16-15-4-1-2-9-27(15)17(24-16)19(29)25-10-12-26(13-11-25)20-21-7-3-8-22-20/h1-4,7-9,14H,5-6,10-13H2,(H,23,28). The quantitative estimate of drug-likeness (QED) is 0.712. The SMILES string of the molecule is O=C(NC1CC1)c1nc(C(=O)N2CCN(c3ncccn3)CC2)n2ccccc12. The van der Waals surface area contributed by atoms with Gasteiger partial charge in [0.1, 0.15) is 0 Å². The zero-order chi connectivity index (χ0) is 19.8. The van der Waals surface area contributed by atoms with Crippen LogP contribution in [0.1, 0.15) is 33.9 Å². The summed E-state index contributed by atoms with van der Waals surface area (Å²) >= 11 is 0. The number of amides is 2. The van der Waals surface area contributed by atoms with E-state index >= 15 is 0 Å². The van der Waals surface area contributed by atoms with Crippen LogP contribution in [0.4, 0.5) is 5.95 Å². The van der Waals surface area contributed by atoms with Gasteiger partial charge in [0.2, 0.25) is 11.8 Å². The fourth-order valence-corrected chi connectivity index (χ4v) is 3.54. The van der Waals surface area contributed by atoms with Gasteiger partial charge < -0.3 is 15.1 Å². The van der Waals surface area contributed by atoms with E-state index in [9.17, 15) is 9.59 Å². The maximum absolute atomic E-state index is 13.2. The molecule has 1 aliphatic heterocycles. The monoisotopic (exact) mass is 391 g/mol. The van der Waals surface area contributed by atoms with Crippen LogP contribution < -0.4 is 10.2 Å². The predicted octanol–water partition coefficient (Wildman–Crippen LogP) is 0.979. The number of hydrogen-bond donors (Lipinski definition) is 1. The normalized spacial score (nSPS) is 16.8. The zero-order valence-corrected chi connectivity index (χ0v) is 15.9. The molecule has 148 valence electrons. The summed E-state index contributed by atoms with van der Waals surface area (Å²) in [4.78, 5) is 42.6. The summed E-state index contributed by atoms with van der Waals surface area (Å²) in [5, 5.41) is 2.96. The van der Waals surface area contributed by atoms with Crippen LogP contribution in [0.2, 0.25) is 0 Å². The number of anilines is 1. The van der Waals surface area contributed by atoms with E-state index in [2.05, 4.69) is 25.2 Å². The Morgan fingerprint density at radius 3 is 2.48 bits per heavy atom. The summed E-state index contributed by atoms with van der Waals surface area (Å²) in [7, 11) is 0. The molecule has 1 aliphatic carbocycles. The van der Waals surface area contributed by atoms with E-state index in [1.807, 2.05) is 18.2 Å². The molecule has 3 aromatic heterocycles. The number of nitrogens with zero attached hydrogens (tertiary/aromatic N) is 6. The topological polar surface area (TPSA) is 95.7 Å². The van der Waals surface area contributed by atoms with Crippen LogP contribution in [0.25, 0.3) is 5.52 Å². The molecule has 2 fully saturated rings. The minimum absolute atomic E-state index is 0.176. The van der Waals surface area contributed by atoms with Gasteiger partial charge in [-0.1, -0.05) is 6.07 Å². The lowest BCUT2D eigenvalue weighted by molar-refractivity contribution is 0.0733. The van der Waals surface area contributed by atoms with Crippen LogP contribution in [0.5, 0.6) is 0 Å². The van der Waals surface area contributed by atoms with Crippen molar-refractivity contribution < 1.29 is 9.59 Å². The van der Waals surface area contributed by atoms with Gasteiger partial charge in [-0.25, -0.2) is 15.0 Å². The molecular weight excluding hydrogens is 370 g/mol. The molecule has 0 bridgehead atoms. The van der Waals surface area contributed by atoms with Gasteiger partial charge in [0, 0.05) is 50.8 Å². The Bertz CT molecular complexity index is 1050. The summed E-state index contributed by atoms with van der Waals surface area (Å²) in [6, 6.07) is 7.51. The first kappa shape index (κ1) is 17.6. The first-order valence-electron chi connectivity index (χ1n) is 9.80. The highest BCUT2D eigenvalue weighted by atomic mass is 16.2. The van der Waals surface area contributed by atoms with E-state index in [1.54, 1.807) is 34.0 Å². The second-order valence-corrected chi connectivity index (χ2v) is 7.32. The average Bonchev–Trinajstić information content (AvgIpc) is 3.50. The van der Waals surface area contributed by atoms with E-state index in [0.29, 0.717) is 43.3 Å². The van der Waals surface area contributed by atoms with Crippen LogP contribution in [-0.4, -0.2) is 68.3 Å². The number of carbonyl (C=O) groups excluding carboxylic acids is 2. The average molecular weight is 391 g/mol. The van der Waals surface area contributed by atoms with Gasteiger partial charge in [0.05, 0.1) is 5.52 Å². The number of hydrogen-bond acceptors (Lipinski definition) is 6. The van der Waals surface area contributed by atoms with Crippen LogP contribution in [-0.2, 0) is 0 Å². The van der Waals surface area contributed by atoms with Crippen LogP contribution >= 0.6 is 0 Å². The third kappa shape index (κ3) is 3.39. The Morgan fingerprint density at radius 1 is 1.00 bits per heavy atom. The highest BCUT2D eigenvalue weighted by Gasteiger charge is 2.30. The molecule has 29 heavy (non-hydrogen) atoms. The zero-order valence-electron chi connectivity index (χ0n) is 15.9. The van der Waals surface area contributed by atoms with Crippen molar-refractivity contribution >= 4 is 23.3 Å². The number of imidazole rings is 1. The molecule has 0 atom stereocenters. The van der Waals surface area contributed by atoms with Gasteiger partial charge in [0.15, 0.2) is 5.69 Å². The molecule has 1 N–H and O–H groups in total. The molecule has 0 spiro atoms. The molecular formula is C20H21N7O2. The van der Waals surface area contributed by atoms with Crippen LogP contribution in [0.3, 0.4) is 0 Å². The summed E-state index contributed by atoms with van der Waals surface area (Å²) in [5.41, 5.74) is 0.947. The van der Waals surface area contributed by atoms with Crippen LogP contribution in [0, 0.1) is 0 Å². The van der Waals surface area contributed by atoms with Crippen molar-refractivity contribution in [2.45, 2.75) is 18.9 Å². The summed E-state index contributed by atoms with van der Waals surface area (Å²) in [6.07, 6.45) is 7.20. The maximum Gasteiger partial charge on any atom is 0.290 e. The lowest BCUT2D eigenvalue weighted by Gasteiger charge is -2.34. The van der Waals surface area contributed by atoms with Crippen molar-refractivity contribution in [3.05, 3.63) is 54.4 Å². The molecule has 2 amide bonds. The number of piperazine rings is 1. The molecule has 2 aliphatic rings. The fraction of sp³-hybridized carbons (Fsp3) is 0.350. The molecule has 1 saturated carbocycles. The van der Waals surface area contributed by atoms with Crippen molar-refractivity contribution in [2.75, 3.05) is 31.1 Å². The van der Waals surface area contributed by atoms with E-state index in [-0.39, 0.29) is 23.7 Å². The second kappa shape index (κ2) is 7.16. The predicted molar refractivity (Wildman–Crippen MR) is 106 cm³/mol. The molecule has 0 radical (unpaired) electrons. The Hall–Kier alpha value is -3.49. The lowest BCUT2D eigenvalue weighted by atomic mass is 10.3. The van der Waals surface area contributed by atoms with Gasteiger partial charge in [-0.05, 0) is 31.0 Å². The number of carbonyl (C=O) groups is 2. The van der Waals surface area contributed by atoms with Crippen molar-refractivity contribution in [3.63, 3.8) is 0 Å². The molecule has 9 nitrogen and oxygen atoms in total. The van der Waals surface area contributed by atoms with Crippen molar-refractivity contribution in [1.82, 2.24) is 29.6 Å². The maximum atomic E-state index is 13.2. The minimum Gasteiger partial charge on any atom is -0.348 e. The molecule has 0 aromatic carbocycles. The summed E-state index contributed by atoms with van der Waals surface area (Å²) in [5.74, 6) is 0.544. The fourth-order valence-electron chi connectivity index (χ4n) is 3.54. The number of aromatic nitrogens is 4. The molecule has 3 aromatic rings. The molecule has 0 unspecified atom stereocenters. The highest BCUT2D eigenvalue weighted by Crippen LogP contribution is 2.21. The Labute approximate surface area is 167 Å². The molecule has 9 heteroatoms. The molecule has 5 rings (SSSR count).